The Bertz CT molecular complexity index is 257. The predicted octanol–water partition coefficient (Wildman–Crippen LogP) is 0.835. The lowest BCUT2D eigenvalue weighted by Gasteiger charge is -2.15. The minimum absolute atomic E-state index is 0.403. The molecule has 1 aromatic rings. The summed E-state index contributed by atoms with van der Waals surface area (Å²) >= 11 is 0. The number of oxazole rings is 1. The third-order valence-corrected chi connectivity index (χ3v) is 2.48. The Kier molecular flexibility index (Phi) is 2.33. The summed E-state index contributed by atoms with van der Waals surface area (Å²) in [5.41, 5.74) is 6.42. The zero-order valence-electron chi connectivity index (χ0n) is 7.39. The van der Waals surface area contributed by atoms with Gasteiger partial charge in [0.1, 0.15) is 6.26 Å². The molecule has 13 heavy (non-hydrogen) atoms. The standard InChI is InChI=1S/C9H14N2O2/c10-9(7-4-13-5-11-7)8(12)3-6-1-2-6/h4-6,8-9,12H,1-3,10H2. The highest BCUT2D eigenvalue weighted by Gasteiger charge is 2.28. The summed E-state index contributed by atoms with van der Waals surface area (Å²) in [6, 6.07) is -0.403. The van der Waals surface area contributed by atoms with Gasteiger partial charge in [-0.2, -0.15) is 0 Å². The monoisotopic (exact) mass is 182 g/mol. The molecule has 2 rings (SSSR count). The van der Waals surface area contributed by atoms with Gasteiger partial charge < -0.3 is 15.3 Å². The maximum atomic E-state index is 9.69. The van der Waals surface area contributed by atoms with Crippen LogP contribution in [0.15, 0.2) is 17.1 Å². The fraction of sp³-hybridized carbons (Fsp3) is 0.667. The number of nitrogens with two attached hydrogens (primary N) is 1. The van der Waals surface area contributed by atoms with Crippen molar-refractivity contribution in [3.8, 4) is 0 Å². The average molecular weight is 182 g/mol. The molecule has 2 unspecified atom stereocenters. The minimum Gasteiger partial charge on any atom is -0.451 e. The van der Waals surface area contributed by atoms with Gasteiger partial charge >= 0.3 is 0 Å². The summed E-state index contributed by atoms with van der Waals surface area (Å²) in [6.45, 7) is 0. The number of aliphatic hydroxyl groups is 1. The molecule has 1 aromatic heterocycles. The Labute approximate surface area is 76.8 Å². The lowest BCUT2D eigenvalue weighted by molar-refractivity contribution is 0.127. The molecule has 0 radical (unpaired) electrons. The van der Waals surface area contributed by atoms with Crippen LogP contribution < -0.4 is 5.73 Å². The van der Waals surface area contributed by atoms with Crippen molar-refractivity contribution >= 4 is 0 Å². The first-order valence-electron chi connectivity index (χ1n) is 4.59. The Morgan fingerprint density at radius 3 is 3.00 bits per heavy atom. The van der Waals surface area contributed by atoms with Gasteiger partial charge in [0.2, 0.25) is 0 Å². The average Bonchev–Trinajstić information content (AvgIpc) is 2.78. The first-order valence-corrected chi connectivity index (χ1v) is 4.59. The molecule has 1 heterocycles. The number of hydrogen-bond donors (Lipinski definition) is 2. The molecule has 1 aliphatic rings. The summed E-state index contributed by atoms with van der Waals surface area (Å²) in [6.07, 6.45) is 5.57. The van der Waals surface area contributed by atoms with Crippen LogP contribution in [0.3, 0.4) is 0 Å². The second kappa shape index (κ2) is 3.47. The summed E-state index contributed by atoms with van der Waals surface area (Å²) in [5, 5.41) is 9.69. The van der Waals surface area contributed by atoms with Crippen LogP contribution in [-0.2, 0) is 0 Å². The van der Waals surface area contributed by atoms with Gasteiger partial charge in [-0.1, -0.05) is 12.8 Å². The van der Waals surface area contributed by atoms with Crippen molar-refractivity contribution in [3.05, 3.63) is 18.4 Å². The number of aromatic nitrogens is 1. The molecule has 0 saturated heterocycles. The minimum atomic E-state index is -0.488. The van der Waals surface area contributed by atoms with Crippen molar-refractivity contribution in [3.63, 3.8) is 0 Å². The largest absolute Gasteiger partial charge is 0.451 e. The third-order valence-electron chi connectivity index (χ3n) is 2.48. The molecule has 1 saturated carbocycles. The molecular weight excluding hydrogens is 168 g/mol. The normalized spacial score (nSPS) is 21.4. The molecule has 0 amide bonds. The maximum absolute atomic E-state index is 9.69. The van der Waals surface area contributed by atoms with E-state index >= 15 is 0 Å². The molecule has 1 aliphatic carbocycles. The van der Waals surface area contributed by atoms with Crippen LogP contribution in [0.5, 0.6) is 0 Å². The summed E-state index contributed by atoms with van der Waals surface area (Å²) in [4.78, 5) is 3.91. The lowest BCUT2D eigenvalue weighted by Crippen LogP contribution is -2.26. The molecule has 0 spiro atoms. The second-order valence-electron chi connectivity index (χ2n) is 3.69. The van der Waals surface area contributed by atoms with Gasteiger partial charge in [-0.25, -0.2) is 4.98 Å². The lowest BCUT2D eigenvalue weighted by atomic mass is 10.0. The van der Waals surface area contributed by atoms with Gasteiger partial charge in [0, 0.05) is 0 Å². The first-order chi connectivity index (χ1) is 6.27. The van der Waals surface area contributed by atoms with Crippen molar-refractivity contribution in [2.75, 3.05) is 0 Å². The number of nitrogens with zero attached hydrogens (tertiary/aromatic N) is 1. The predicted molar refractivity (Wildman–Crippen MR) is 46.8 cm³/mol. The zero-order chi connectivity index (χ0) is 9.26. The third kappa shape index (κ3) is 2.08. The van der Waals surface area contributed by atoms with Crippen LogP contribution in [0.2, 0.25) is 0 Å². The molecule has 4 heteroatoms. The van der Waals surface area contributed by atoms with Crippen molar-refractivity contribution < 1.29 is 9.52 Å². The van der Waals surface area contributed by atoms with E-state index in [1.807, 2.05) is 0 Å². The summed E-state index contributed by atoms with van der Waals surface area (Å²) in [5.74, 6) is 0.674. The first kappa shape index (κ1) is 8.72. The van der Waals surface area contributed by atoms with Crippen LogP contribution >= 0.6 is 0 Å². The molecule has 2 atom stereocenters. The molecule has 72 valence electrons. The van der Waals surface area contributed by atoms with Gasteiger partial charge in [-0.05, 0) is 12.3 Å². The van der Waals surface area contributed by atoms with E-state index in [2.05, 4.69) is 4.98 Å². The summed E-state index contributed by atoms with van der Waals surface area (Å²) < 4.78 is 4.80. The molecular formula is C9H14N2O2. The topological polar surface area (TPSA) is 72.3 Å². The van der Waals surface area contributed by atoms with E-state index in [9.17, 15) is 5.11 Å². The van der Waals surface area contributed by atoms with Crippen molar-refractivity contribution in [1.82, 2.24) is 4.98 Å². The Hall–Kier alpha value is -0.870. The van der Waals surface area contributed by atoms with Crippen LogP contribution in [0, 0.1) is 5.92 Å². The van der Waals surface area contributed by atoms with Gasteiger partial charge in [-0.15, -0.1) is 0 Å². The van der Waals surface area contributed by atoms with E-state index in [1.165, 1.54) is 25.5 Å². The van der Waals surface area contributed by atoms with Gasteiger partial charge in [-0.3, -0.25) is 0 Å². The number of hydrogen-bond acceptors (Lipinski definition) is 4. The van der Waals surface area contributed by atoms with E-state index in [-0.39, 0.29) is 0 Å². The zero-order valence-corrected chi connectivity index (χ0v) is 7.39. The second-order valence-corrected chi connectivity index (χ2v) is 3.69. The highest BCUT2D eigenvalue weighted by Crippen LogP contribution is 2.35. The number of rotatable bonds is 4. The Balaban J connectivity index is 1.91. The Morgan fingerprint density at radius 1 is 1.69 bits per heavy atom. The molecule has 1 fully saturated rings. The molecule has 0 aromatic carbocycles. The van der Waals surface area contributed by atoms with E-state index in [0.717, 1.165) is 6.42 Å². The van der Waals surface area contributed by atoms with Gasteiger partial charge in [0.15, 0.2) is 6.39 Å². The van der Waals surface area contributed by atoms with Crippen molar-refractivity contribution in [2.45, 2.75) is 31.4 Å². The molecule has 3 N–H and O–H groups in total. The molecule has 0 bridgehead atoms. The molecule has 0 aliphatic heterocycles. The van der Waals surface area contributed by atoms with Gasteiger partial charge in [0.05, 0.1) is 17.8 Å². The quantitative estimate of drug-likeness (QED) is 0.723. The van der Waals surface area contributed by atoms with Crippen LogP contribution in [0.25, 0.3) is 0 Å². The van der Waals surface area contributed by atoms with Crippen LogP contribution in [-0.4, -0.2) is 16.2 Å². The van der Waals surface area contributed by atoms with Gasteiger partial charge in [0.25, 0.3) is 0 Å². The van der Waals surface area contributed by atoms with Crippen molar-refractivity contribution in [1.29, 1.82) is 0 Å². The van der Waals surface area contributed by atoms with E-state index in [4.69, 9.17) is 10.2 Å². The maximum Gasteiger partial charge on any atom is 0.180 e. The van der Waals surface area contributed by atoms with E-state index in [1.54, 1.807) is 0 Å². The highest BCUT2D eigenvalue weighted by molar-refractivity contribution is 5.02. The van der Waals surface area contributed by atoms with Crippen molar-refractivity contribution in [2.24, 2.45) is 11.7 Å². The number of aliphatic hydroxyl groups excluding tert-OH is 1. The fourth-order valence-electron chi connectivity index (χ4n) is 1.43. The SMILES string of the molecule is NC(c1cocn1)C(O)CC1CC1. The fourth-order valence-corrected chi connectivity index (χ4v) is 1.43. The summed E-state index contributed by atoms with van der Waals surface area (Å²) in [7, 11) is 0. The molecule has 4 nitrogen and oxygen atoms in total. The van der Waals surface area contributed by atoms with E-state index in [0.29, 0.717) is 11.6 Å². The Morgan fingerprint density at radius 2 is 2.46 bits per heavy atom. The van der Waals surface area contributed by atoms with E-state index < -0.39 is 12.1 Å². The van der Waals surface area contributed by atoms with Crippen LogP contribution in [0.1, 0.15) is 31.0 Å². The van der Waals surface area contributed by atoms with Crippen LogP contribution in [0.4, 0.5) is 0 Å². The smallest absolute Gasteiger partial charge is 0.180 e. The highest BCUT2D eigenvalue weighted by atomic mass is 16.3.